The Morgan fingerprint density at radius 2 is 1.89 bits per heavy atom. The van der Waals surface area contributed by atoms with Crippen LogP contribution in [-0.4, -0.2) is 29.9 Å². The van der Waals surface area contributed by atoms with E-state index in [-0.39, 0.29) is 5.91 Å². The van der Waals surface area contributed by atoms with Crippen molar-refractivity contribution in [3.63, 3.8) is 0 Å². The standard InChI is InChI=1S/C21H25N3OS2/c1-16-4-6-17(7-5-16)15-27-14-12-22-21(26)23-18-8-10-19(11-9-18)24-13-2-3-20(24)25/h4-11H,2-3,12-15H2,1H3,(H2,22,23,26). The van der Waals surface area contributed by atoms with Gasteiger partial charge in [0.1, 0.15) is 0 Å². The molecule has 0 atom stereocenters. The van der Waals surface area contributed by atoms with Gasteiger partial charge in [0.2, 0.25) is 5.91 Å². The predicted molar refractivity (Wildman–Crippen MR) is 120 cm³/mol. The summed E-state index contributed by atoms with van der Waals surface area (Å²) in [6.07, 6.45) is 1.59. The number of nitrogens with zero attached hydrogens (tertiary/aromatic N) is 1. The van der Waals surface area contributed by atoms with Gasteiger partial charge in [0.25, 0.3) is 0 Å². The van der Waals surface area contributed by atoms with Crippen LogP contribution in [0.2, 0.25) is 0 Å². The minimum atomic E-state index is 0.205. The zero-order valence-electron chi connectivity index (χ0n) is 15.5. The molecule has 0 bridgehead atoms. The molecule has 1 aliphatic heterocycles. The number of aryl methyl sites for hydroxylation is 1. The first-order valence-corrected chi connectivity index (χ1v) is 10.8. The van der Waals surface area contributed by atoms with E-state index in [0.717, 1.165) is 42.4 Å². The van der Waals surface area contributed by atoms with Gasteiger partial charge in [-0.3, -0.25) is 4.79 Å². The van der Waals surface area contributed by atoms with Crippen LogP contribution in [0.4, 0.5) is 11.4 Å². The zero-order chi connectivity index (χ0) is 19.1. The van der Waals surface area contributed by atoms with Crippen molar-refractivity contribution in [2.75, 3.05) is 29.1 Å². The number of anilines is 2. The Balaban J connectivity index is 1.35. The molecule has 6 heteroatoms. The van der Waals surface area contributed by atoms with Crippen molar-refractivity contribution >= 4 is 46.4 Å². The van der Waals surface area contributed by atoms with Gasteiger partial charge in [0, 0.05) is 42.4 Å². The molecule has 2 aromatic carbocycles. The summed E-state index contributed by atoms with van der Waals surface area (Å²) in [7, 11) is 0. The summed E-state index contributed by atoms with van der Waals surface area (Å²) in [5.41, 5.74) is 4.52. The molecule has 2 aromatic rings. The minimum Gasteiger partial charge on any atom is -0.362 e. The summed E-state index contributed by atoms with van der Waals surface area (Å²) < 4.78 is 0. The van der Waals surface area contributed by atoms with Gasteiger partial charge in [0.15, 0.2) is 5.11 Å². The molecule has 1 saturated heterocycles. The Morgan fingerprint density at radius 1 is 1.15 bits per heavy atom. The Kier molecular flexibility index (Phi) is 7.12. The molecule has 0 spiro atoms. The van der Waals surface area contributed by atoms with E-state index in [9.17, 15) is 4.79 Å². The summed E-state index contributed by atoms with van der Waals surface area (Å²) in [6, 6.07) is 16.5. The molecule has 1 amide bonds. The Morgan fingerprint density at radius 3 is 2.56 bits per heavy atom. The average molecular weight is 400 g/mol. The van der Waals surface area contributed by atoms with E-state index in [1.807, 2.05) is 40.9 Å². The van der Waals surface area contributed by atoms with Crippen molar-refractivity contribution in [3.8, 4) is 0 Å². The fourth-order valence-corrected chi connectivity index (χ4v) is 3.97. The van der Waals surface area contributed by atoms with Crippen molar-refractivity contribution in [1.29, 1.82) is 0 Å². The highest BCUT2D eigenvalue weighted by Crippen LogP contribution is 2.23. The van der Waals surface area contributed by atoms with E-state index in [4.69, 9.17) is 12.2 Å². The Bertz CT molecular complexity index is 775. The molecule has 1 aliphatic rings. The van der Waals surface area contributed by atoms with E-state index in [0.29, 0.717) is 11.5 Å². The van der Waals surface area contributed by atoms with E-state index < -0.39 is 0 Å². The minimum absolute atomic E-state index is 0.205. The lowest BCUT2D eigenvalue weighted by Gasteiger charge is -2.16. The van der Waals surface area contributed by atoms with Gasteiger partial charge in [-0.1, -0.05) is 29.8 Å². The van der Waals surface area contributed by atoms with E-state index >= 15 is 0 Å². The quantitative estimate of drug-likeness (QED) is 0.536. The molecular weight excluding hydrogens is 374 g/mol. The number of thiocarbonyl (C=S) groups is 1. The first kappa shape index (κ1) is 19.7. The number of hydrogen-bond donors (Lipinski definition) is 2. The number of hydrogen-bond acceptors (Lipinski definition) is 3. The van der Waals surface area contributed by atoms with Crippen LogP contribution >= 0.6 is 24.0 Å². The van der Waals surface area contributed by atoms with E-state index in [1.54, 1.807) is 0 Å². The normalized spacial score (nSPS) is 13.7. The molecule has 0 saturated carbocycles. The third-order valence-electron chi connectivity index (χ3n) is 4.43. The summed E-state index contributed by atoms with van der Waals surface area (Å²) in [5.74, 6) is 2.21. The van der Waals surface area contributed by atoms with Gasteiger partial charge in [-0.15, -0.1) is 0 Å². The summed E-state index contributed by atoms with van der Waals surface area (Å²) >= 11 is 7.25. The number of carbonyl (C=O) groups excluding carboxylic acids is 1. The number of thioether (sulfide) groups is 1. The Hall–Kier alpha value is -2.05. The molecule has 2 N–H and O–H groups in total. The molecular formula is C21H25N3OS2. The fraction of sp³-hybridized carbons (Fsp3) is 0.333. The zero-order valence-corrected chi connectivity index (χ0v) is 17.2. The first-order chi connectivity index (χ1) is 13.1. The highest BCUT2D eigenvalue weighted by Gasteiger charge is 2.21. The van der Waals surface area contributed by atoms with E-state index in [2.05, 4.69) is 41.8 Å². The van der Waals surface area contributed by atoms with Gasteiger partial charge < -0.3 is 15.5 Å². The molecule has 3 rings (SSSR count). The molecule has 0 aliphatic carbocycles. The van der Waals surface area contributed by atoms with Crippen LogP contribution in [0.5, 0.6) is 0 Å². The largest absolute Gasteiger partial charge is 0.362 e. The predicted octanol–water partition coefficient (Wildman–Crippen LogP) is 4.34. The van der Waals surface area contributed by atoms with Gasteiger partial charge >= 0.3 is 0 Å². The number of rotatable bonds is 7. The van der Waals surface area contributed by atoms with Crippen LogP contribution in [0.25, 0.3) is 0 Å². The summed E-state index contributed by atoms with van der Waals surface area (Å²) in [5, 5.41) is 7.05. The van der Waals surface area contributed by atoms with Crippen LogP contribution in [0.15, 0.2) is 48.5 Å². The summed E-state index contributed by atoms with van der Waals surface area (Å²) in [6.45, 7) is 3.74. The molecule has 1 heterocycles. The van der Waals surface area contributed by atoms with Crippen molar-refractivity contribution in [1.82, 2.24) is 5.32 Å². The maximum atomic E-state index is 11.8. The lowest BCUT2D eigenvalue weighted by Crippen LogP contribution is -2.30. The maximum Gasteiger partial charge on any atom is 0.227 e. The molecule has 142 valence electrons. The monoisotopic (exact) mass is 399 g/mol. The molecule has 1 fully saturated rings. The van der Waals surface area contributed by atoms with Gasteiger partial charge in [-0.05, 0) is 55.4 Å². The number of nitrogens with one attached hydrogen (secondary N) is 2. The molecule has 27 heavy (non-hydrogen) atoms. The topological polar surface area (TPSA) is 44.4 Å². The van der Waals surface area contributed by atoms with Crippen LogP contribution in [0, 0.1) is 6.92 Å². The van der Waals surface area contributed by atoms with Crippen LogP contribution in [-0.2, 0) is 10.5 Å². The molecule has 0 radical (unpaired) electrons. The lowest BCUT2D eigenvalue weighted by molar-refractivity contribution is -0.117. The second-order valence-electron chi connectivity index (χ2n) is 6.61. The number of amides is 1. The fourth-order valence-electron chi connectivity index (χ4n) is 2.93. The molecule has 4 nitrogen and oxygen atoms in total. The van der Waals surface area contributed by atoms with Crippen LogP contribution in [0.3, 0.4) is 0 Å². The Labute approximate surface area is 170 Å². The molecule has 0 aromatic heterocycles. The lowest BCUT2D eigenvalue weighted by atomic mass is 10.2. The summed E-state index contributed by atoms with van der Waals surface area (Å²) in [4.78, 5) is 13.6. The van der Waals surface area contributed by atoms with Gasteiger partial charge in [-0.2, -0.15) is 11.8 Å². The smallest absolute Gasteiger partial charge is 0.227 e. The average Bonchev–Trinajstić information content (AvgIpc) is 3.09. The number of benzene rings is 2. The van der Waals surface area contributed by atoms with E-state index in [1.165, 1.54) is 11.1 Å². The number of carbonyl (C=O) groups is 1. The highest BCUT2D eigenvalue weighted by atomic mass is 32.2. The van der Waals surface area contributed by atoms with Gasteiger partial charge in [0.05, 0.1) is 0 Å². The third-order valence-corrected chi connectivity index (χ3v) is 5.71. The van der Waals surface area contributed by atoms with Crippen LogP contribution in [0.1, 0.15) is 24.0 Å². The second-order valence-corrected chi connectivity index (χ2v) is 8.13. The van der Waals surface area contributed by atoms with Crippen molar-refractivity contribution in [2.45, 2.75) is 25.5 Å². The highest BCUT2D eigenvalue weighted by molar-refractivity contribution is 7.98. The van der Waals surface area contributed by atoms with Crippen molar-refractivity contribution < 1.29 is 4.79 Å². The first-order valence-electron chi connectivity index (χ1n) is 9.20. The van der Waals surface area contributed by atoms with Crippen molar-refractivity contribution in [3.05, 3.63) is 59.7 Å². The van der Waals surface area contributed by atoms with Crippen LogP contribution < -0.4 is 15.5 Å². The maximum absolute atomic E-state index is 11.8. The second kappa shape index (κ2) is 9.76. The molecule has 0 unspecified atom stereocenters. The SMILES string of the molecule is Cc1ccc(CSCCNC(=S)Nc2ccc(N3CCCC3=O)cc2)cc1. The third kappa shape index (κ3) is 5.97. The van der Waals surface area contributed by atoms with Crippen molar-refractivity contribution in [2.24, 2.45) is 0 Å². The van der Waals surface area contributed by atoms with Gasteiger partial charge in [-0.25, -0.2) is 0 Å².